The largest absolute Gasteiger partial charge is 0.444 e. The van der Waals surface area contributed by atoms with Crippen LogP contribution in [0.2, 0.25) is 0 Å². The van der Waals surface area contributed by atoms with Crippen LogP contribution in [-0.4, -0.2) is 44.3 Å². The molecule has 1 heterocycles. The third kappa shape index (κ3) is 8.62. The molecule has 0 unspecified atom stereocenters. The average molecular weight is 577 g/mol. The van der Waals surface area contributed by atoms with Gasteiger partial charge in [-0.3, -0.25) is 10.1 Å². The number of hydrogen-bond acceptors (Lipinski definition) is 9. The Morgan fingerprint density at radius 3 is 2.55 bits per heavy atom. The van der Waals surface area contributed by atoms with Crippen LogP contribution in [-0.2, 0) is 17.8 Å². The Morgan fingerprint density at radius 2 is 1.83 bits per heavy atom. The molecular formula is C31H40N6O5. The van der Waals surface area contributed by atoms with E-state index in [1.54, 1.807) is 0 Å². The van der Waals surface area contributed by atoms with Crippen LogP contribution in [0.25, 0.3) is 11.1 Å². The number of carbonyl (C=O) groups is 1. The monoisotopic (exact) mass is 576 g/mol. The summed E-state index contributed by atoms with van der Waals surface area (Å²) in [4.78, 5) is 31.8. The molecule has 0 spiro atoms. The third-order valence-corrected chi connectivity index (χ3v) is 7.30. The second kappa shape index (κ2) is 13.6. The van der Waals surface area contributed by atoms with Crippen LogP contribution in [0.3, 0.4) is 0 Å². The molecule has 0 atom stereocenters. The van der Waals surface area contributed by atoms with Crippen molar-refractivity contribution in [2.45, 2.75) is 78.2 Å². The van der Waals surface area contributed by atoms with Crippen LogP contribution in [0.1, 0.15) is 63.1 Å². The van der Waals surface area contributed by atoms with E-state index in [0.717, 1.165) is 53.5 Å². The molecule has 1 amide bonds. The van der Waals surface area contributed by atoms with E-state index in [-0.39, 0.29) is 17.6 Å². The van der Waals surface area contributed by atoms with Crippen molar-refractivity contribution in [3.8, 4) is 11.1 Å². The number of alkyl carbamates (subject to hydrolysis) is 1. The first-order valence-electron chi connectivity index (χ1n) is 14.3. The minimum atomic E-state index is -0.560. The van der Waals surface area contributed by atoms with E-state index in [1.807, 2.05) is 70.2 Å². The van der Waals surface area contributed by atoms with Gasteiger partial charge in [-0.1, -0.05) is 36.4 Å². The number of hydrogen-bond donors (Lipinski definition) is 4. The fraction of sp³-hybridized carbons (Fsp3) is 0.452. The number of ether oxygens (including phenoxy) is 1. The maximum atomic E-state index is 12.1. The van der Waals surface area contributed by atoms with E-state index in [9.17, 15) is 20.0 Å². The van der Waals surface area contributed by atoms with Gasteiger partial charge in [-0.15, -0.1) is 0 Å². The van der Waals surface area contributed by atoms with E-state index in [1.165, 1.54) is 6.20 Å². The molecular weight excluding hydrogens is 536 g/mol. The molecule has 0 radical (unpaired) electrons. The highest BCUT2D eigenvalue weighted by Crippen LogP contribution is 2.29. The zero-order valence-corrected chi connectivity index (χ0v) is 24.6. The highest BCUT2D eigenvalue weighted by molar-refractivity contribution is 5.70. The van der Waals surface area contributed by atoms with Crippen LogP contribution in [0.15, 0.2) is 48.7 Å². The smallest absolute Gasteiger partial charge is 0.407 e. The van der Waals surface area contributed by atoms with Crippen LogP contribution in [0, 0.1) is 23.0 Å². The molecule has 1 saturated carbocycles. The Balaban J connectivity index is 1.43. The molecule has 0 saturated heterocycles. The van der Waals surface area contributed by atoms with Gasteiger partial charge in [0, 0.05) is 19.6 Å². The van der Waals surface area contributed by atoms with Gasteiger partial charge < -0.3 is 25.8 Å². The summed E-state index contributed by atoms with van der Waals surface area (Å²) in [5.41, 5.74) is 4.39. The van der Waals surface area contributed by atoms with Crippen molar-refractivity contribution in [3.05, 3.63) is 75.5 Å². The summed E-state index contributed by atoms with van der Waals surface area (Å²) in [7, 11) is 0. The predicted molar refractivity (Wildman–Crippen MR) is 162 cm³/mol. The quantitative estimate of drug-likeness (QED) is 0.169. The molecule has 4 N–H and O–H groups in total. The SMILES string of the molecule is Cc1c(CNc2ncc([N+](=O)[O-])c(NCC3CCC(O)CC3)n2)cccc1-c1cccc(CNC(=O)OC(C)(C)C)c1. The number of rotatable bonds is 10. The molecule has 0 aliphatic heterocycles. The molecule has 1 aliphatic carbocycles. The first-order chi connectivity index (χ1) is 20.0. The number of anilines is 2. The van der Waals surface area contributed by atoms with Gasteiger partial charge in [0.1, 0.15) is 11.8 Å². The van der Waals surface area contributed by atoms with Crippen LogP contribution in [0.4, 0.5) is 22.2 Å². The molecule has 2 aromatic carbocycles. The van der Waals surface area contributed by atoms with Crippen LogP contribution < -0.4 is 16.0 Å². The van der Waals surface area contributed by atoms with Crippen molar-refractivity contribution in [1.82, 2.24) is 15.3 Å². The molecule has 11 heteroatoms. The molecule has 11 nitrogen and oxygen atoms in total. The lowest BCUT2D eigenvalue weighted by molar-refractivity contribution is -0.384. The summed E-state index contributed by atoms with van der Waals surface area (Å²) in [6.07, 6.45) is 3.75. The van der Waals surface area contributed by atoms with Gasteiger partial charge in [-0.05, 0) is 93.2 Å². The maximum Gasteiger partial charge on any atom is 0.407 e. The molecule has 1 aliphatic rings. The zero-order chi connectivity index (χ0) is 30.3. The Kier molecular flexibility index (Phi) is 9.95. The van der Waals surface area contributed by atoms with Crippen molar-refractivity contribution in [3.63, 3.8) is 0 Å². The number of aromatic nitrogens is 2. The van der Waals surface area contributed by atoms with Gasteiger partial charge in [0.05, 0.1) is 11.0 Å². The summed E-state index contributed by atoms with van der Waals surface area (Å²) in [5, 5.41) is 30.5. The molecule has 224 valence electrons. The number of aliphatic hydroxyl groups excluding tert-OH is 1. The van der Waals surface area contributed by atoms with Crippen molar-refractivity contribution < 1.29 is 19.6 Å². The van der Waals surface area contributed by atoms with E-state index in [0.29, 0.717) is 31.5 Å². The van der Waals surface area contributed by atoms with E-state index in [4.69, 9.17) is 4.74 Å². The van der Waals surface area contributed by atoms with Gasteiger partial charge in [0.2, 0.25) is 11.8 Å². The third-order valence-electron chi connectivity index (χ3n) is 7.30. The van der Waals surface area contributed by atoms with Gasteiger partial charge in [0.15, 0.2) is 0 Å². The number of nitrogens with one attached hydrogen (secondary N) is 3. The highest BCUT2D eigenvalue weighted by Gasteiger charge is 2.22. The second-order valence-electron chi connectivity index (χ2n) is 11.7. The second-order valence-corrected chi connectivity index (χ2v) is 11.7. The molecule has 1 aromatic heterocycles. The van der Waals surface area contributed by atoms with Gasteiger partial charge >= 0.3 is 11.8 Å². The molecule has 1 fully saturated rings. The van der Waals surface area contributed by atoms with E-state index in [2.05, 4.69) is 25.9 Å². The number of nitrogens with zero attached hydrogens (tertiary/aromatic N) is 3. The highest BCUT2D eigenvalue weighted by atomic mass is 16.6. The molecule has 42 heavy (non-hydrogen) atoms. The zero-order valence-electron chi connectivity index (χ0n) is 24.6. The normalized spacial score (nSPS) is 16.9. The minimum absolute atomic E-state index is 0.171. The molecule has 0 bridgehead atoms. The standard InChI is InChI=1S/C31H40N6O5/c1-20-24(9-6-10-26(20)23-8-5-7-22(15-23)17-35-30(39)42-31(2,3)4)18-33-29-34-19-27(37(40)41)28(36-29)32-16-21-11-13-25(38)14-12-21/h5-10,15,19,21,25,38H,11-14,16-18H2,1-4H3,(H,35,39)(H2,32,33,34,36). The predicted octanol–water partition coefficient (Wildman–Crippen LogP) is 5.96. The topological polar surface area (TPSA) is 152 Å². The number of amides is 1. The fourth-order valence-electron chi connectivity index (χ4n) is 5.01. The summed E-state index contributed by atoms with van der Waals surface area (Å²) in [5.74, 6) is 0.810. The van der Waals surface area contributed by atoms with Gasteiger partial charge in [-0.25, -0.2) is 9.78 Å². The minimum Gasteiger partial charge on any atom is -0.444 e. The first kappa shape index (κ1) is 30.7. The summed E-state index contributed by atoms with van der Waals surface area (Å²) >= 11 is 0. The summed E-state index contributed by atoms with van der Waals surface area (Å²) in [6, 6.07) is 14.0. The summed E-state index contributed by atoms with van der Waals surface area (Å²) < 4.78 is 5.33. The van der Waals surface area contributed by atoms with Crippen LogP contribution in [0.5, 0.6) is 0 Å². The number of benzene rings is 2. The maximum absolute atomic E-state index is 12.1. The summed E-state index contributed by atoms with van der Waals surface area (Å²) in [6.45, 7) is 8.85. The van der Waals surface area contributed by atoms with E-state index >= 15 is 0 Å². The molecule has 4 rings (SSSR count). The Hall–Kier alpha value is -4.25. The lowest BCUT2D eigenvalue weighted by Crippen LogP contribution is -2.32. The lowest BCUT2D eigenvalue weighted by atomic mass is 9.87. The fourth-order valence-corrected chi connectivity index (χ4v) is 5.01. The van der Waals surface area contributed by atoms with Crippen molar-refractivity contribution in [2.24, 2.45) is 5.92 Å². The Morgan fingerprint density at radius 1 is 1.10 bits per heavy atom. The molecule has 3 aromatic rings. The van der Waals surface area contributed by atoms with E-state index < -0.39 is 16.6 Å². The van der Waals surface area contributed by atoms with Crippen molar-refractivity contribution >= 4 is 23.5 Å². The first-order valence-corrected chi connectivity index (χ1v) is 14.3. The number of carbonyl (C=O) groups excluding carboxylic acids is 1. The number of nitro groups is 1. The van der Waals surface area contributed by atoms with Crippen molar-refractivity contribution in [2.75, 3.05) is 17.2 Å². The van der Waals surface area contributed by atoms with Gasteiger partial charge in [-0.2, -0.15) is 4.98 Å². The Bertz CT molecular complexity index is 1400. The van der Waals surface area contributed by atoms with Crippen molar-refractivity contribution in [1.29, 1.82) is 0 Å². The lowest BCUT2D eigenvalue weighted by Gasteiger charge is -2.25. The van der Waals surface area contributed by atoms with Gasteiger partial charge in [0.25, 0.3) is 0 Å². The average Bonchev–Trinajstić information content (AvgIpc) is 2.94. The number of aliphatic hydroxyl groups is 1. The van der Waals surface area contributed by atoms with Crippen LogP contribution >= 0.6 is 0 Å². The Labute approximate surface area is 246 Å².